The van der Waals surface area contributed by atoms with E-state index in [0.29, 0.717) is 10.8 Å². The Bertz CT molecular complexity index is 764. The first kappa shape index (κ1) is 14.5. The summed E-state index contributed by atoms with van der Waals surface area (Å²) in [5, 5.41) is 12.4. The molecule has 0 saturated carbocycles. The van der Waals surface area contributed by atoms with Crippen LogP contribution in [0, 0.1) is 0 Å². The number of carbonyl (C=O) groups excluding carboxylic acids is 1. The van der Waals surface area contributed by atoms with Crippen LogP contribution in [0.2, 0.25) is 0 Å². The molecule has 108 valence electrons. The van der Waals surface area contributed by atoms with E-state index in [9.17, 15) is 14.4 Å². The van der Waals surface area contributed by atoms with Crippen molar-refractivity contribution in [1.29, 1.82) is 0 Å². The second-order valence-electron chi connectivity index (χ2n) is 4.49. The van der Waals surface area contributed by atoms with Gasteiger partial charge in [0.15, 0.2) is 0 Å². The van der Waals surface area contributed by atoms with Gasteiger partial charge in [0.05, 0.1) is 0 Å². The van der Waals surface area contributed by atoms with Gasteiger partial charge in [0.25, 0.3) is 11.5 Å². The predicted octanol–water partition coefficient (Wildman–Crippen LogP) is 1.29. The molecule has 0 saturated heterocycles. The van der Waals surface area contributed by atoms with E-state index in [2.05, 4.69) is 16.9 Å². The highest BCUT2D eigenvalue weighted by molar-refractivity contribution is 5.98. The number of H-pyrrole nitrogens is 1. The van der Waals surface area contributed by atoms with Gasteiger partial charge in [-0.2, -0.15) is 0 Å². The fourth-order valence-corrected chi connectivity index (χ4v) is 1.96. The van der Waals surface area contributed by atoms with Gasteiger partial charge in [-0.1, -0.05) is 24.3 Å². The van der Waals surface area contributed by atoms with Crippen LogP contribution in [0.15, 0.2) is 47.8 Å². The topological polar surface area (TPSA) is 99.3 Å². The molecule has 1 atom stereocenters. The SMILES string of the molecule is C=CCC(NC(=O)c1cc2ccccc2c(=O)[nH]1)C(=O)O. The number of benzene rings is 1. The van der Waals surface area contributed by atoms with Crippen molar-refractivity contribution in [2.45, 2.75) is 12.5 Å². The van der Waals surface area contributed by atoms with E-state index in [1.807, 2.05) is 0 Å². The zero-order valence-electron chi connectivity index (χ0n) is 11.1. The van der Waals surface area contributed by atoms with E-state index >= 15 is 0 Å². The van der Waals surface area contributed by atoms with Crippen molar-refractivity contribution in [1.82, 2.24) is 10.3 Å². The summed E-state index contributed by atoms with van der Waals surface area (Å²) in [4.78, 5) is 37.4. The highest BCUT2D eigenvalue weighted by atomic mass is 16.4. The lowest BCUT2D eigenvalue weighted by atomic mass is 10.1. The third-order valence-corrected chi connectivity index (χ3v) is 3.00. The highest BCUT2D eigenvalue weighted by Crippen LogP contribution is 2.10. The molecule has 2 rings (SSSR count). The van der Waals surface area contributed by atoms with E-state index < -0.39 is 23.5 Å². The Hall–Kier alpha value is -2.89. The zero-order chi connectivity index (χ0) is 15.4. The number of amides is 1. The van der Waals surface area contributed by atoms with Crippen molar-refractivity contribution < 1.29 is 14.7 Å². The maximum atomic E-state index is 12.1. The summed E-state index contributed by atoms with van der Waals surface area (Å²) in [7, 11) is 0. The van der Waals surface area contributed by atoms with Crippen LogP contribution >= 0.6 is 0 Å². The average molecular weight is 286 g/mol. The van der Waals surface area contributed by atoms with Gasteiger partial charge in [0.1, 0.15) is 11.7 Å². The molecule has 1 aromatic carbocycles. The van der Waals surface area contributed by atoms with Gasteiger partial charge < -0.3 is 15.4 Å². The molecule has 0 bridgehead atoms. The molecule has 1 aromatic heterocycles. The second-order valence-corrected chi connectivity index (χ2v) is 4.49. The quantitative estimate of drug-likeness (QED) is 0.721. The van der Waals surface area contributed by atoms with Gasteiger partial charge >= 0.3 is 5.97 Å². The van der Waals surface area contributed by atoms with Crippen LogP contribution in [0.3, 0.4) is 0 Å². The lowest BCUT2D eigenvalue weighted by molar-refractivity contribution is -0.139. The number of hydrogen-bond donors (Lipinski definition) is 3. The monoisotopic (exact) mass is 286 g/mol. The number of rotatable bonds is 5. The summed E-state index contributed by atoms with van der Waals surface area (Å²) in [6, 6.07) is 7.26. The van der Waals surface area contributed by atoms with Crippen molar-refractivity contribution >= 4 is 22.6 Å². The summed E-state index contributed by atoms with van der Waals surface area (Å²) >= 11 is 0. The molecule has 1 unspecified atom stereocenters. The van der Waals surface area contributed by atoms with Crippen molar-refractivity contribution in [3.05, 3.63) is 59.0 Å². The molecule has 0 spiro atoms. The van der Waals surface area contributed by atoms with Crippen molar-refractivity contribution in [3.63, 3.8) is 0 Å². The van der Waals surface area contributed by atoms with E-state index in [-0.39, 0.29) is 12.1 Å². The Kier molecular flexibility index (Phi) is 4.18. The molecule has 3 N–H and O–H groups in total. The van der Waals surface area contributed by atoms with Crippen LogP contribution in [0.4, 0.5) is 0 Å². The number of carboxylic acid groups (broad SMARTS) is 1. The van der Waals surface area contributed by atoms with Crippen LogP contribution in [0.25, 0.3) is 10.8 Å². The van der Waals surface area contributed by atoms with Crippen molar-refractivity contribution in [2.75, 3.05) is 0 Å². The molecular formula is C15H14N2O4. The van der Waals surface area contributed by atoms with Crippen LogP contribution in [0.5, 0.6) is 0 Å². The minimum absolute atomic E-state index is 0.0222. The molecule has 0 radical (unpaired) electrons. The average Bonchev–Trinajstić information content (AvgIpc) is 2.46. The molecule has 0 aliphatic carbocycles. The van der Waals surface area contributed by atoms with E-state index in [4.69, 9.17) is 5.11 Å². The first-order valence-electron chi connectivity index (χ1n) is 6.29. The Balaban J connectivity index is 2.33. The number of aromatic amines is 1. The lowest BCUT2D eigenvalue weighted by Crippen LogP contribution is -2.41. The van der Waals surface area contributed by atoms with Gasteiger partial charge in [-0.15, -0.1) is 6.58 Å². The molecule has 6 heteroatoms. The summed E-state index contributed by atoms with van der Waals surface area (Å²) in [5.74, 6) is -1.81. The van der Waals surface area contributed by atoms with E-state index in [1.165, 1.54) is 12.1 Å². The predicted molar refractivity (Wildman–Crippen MR) is 78.3 cm³/mol. The van der Waals surface area contributed by atoms with Crippen LogP contribution in [0.1, 0.15) is 16.9 Å². The zero-order valence-corrected chi connectivity index (χ0v) is 11.1. The number of fused-ring (bicyclic) bond motifs is 1. The van der Waals surface area contributed by atoms with Gasteiger partial charge in [-0.25, -0.2) is 4.79 Å². The first-order valence-corrected chi connectivity index (χ1v) is 6.29. The lowest BCUT2D eigenvalue weighted by Gasteiger charge is -2.12. The Morgan fingerprint density at radius 2 is 2.10 bits per heavy atom. The molecule has 1 heterocycles. The molecule has 21 heavy (non-hydrogen) atoms. The van der Waals surface area contributed by atoms with Gasteiger partial charge in [-0.3, -0.25) is 9.59 Å². The Morgan fingerprint density at radius 3 is 2.76 bits per heavy atom. The van der Waals surface area contributed by atoms with Crippen LogP contribution < -0.4 is 10.9 Å². The highest BCUT2D eigenvalue weighted by Gasteiger charge is 2.20. The molecule has 1 amide bonds. The molecule has 0 fully saturated rings. The second kappa shape index (κ2) is 6.04. The third kappa shape index (κ3) is 3.17. The third-order valence-electron chi connectivity index (χ3n) is 3.00. The number of pyridine rings is 1. The standard InChI is InChI=1S/C15H14N2O4/c1-2-5-11(15(20)21)16-14(19)12-8-9-6-3-4-7-10(9)13(18)17-12/h2-4,6-8,11H,1,5H2,(H,16,19)(H,17,18)(H,20,21). The molecule has 0 aliphatic heterocycles. The molecular weight excluding hydrogens is 272 g/mol. The van der Waals surface area contributed by atoms with Crippen molar-refractivity contribution in [3.8, 4) is 0 Å². The van der Waals surface area contributed by atoms with E-state index in [0.717, 1.165) is 0 Å². The van der Waals surface area contributed by atoms with E-state index in [1.54, 1.807) is 24.3 Å². The molecule has 6 nitrogen and oxygen atoms in total. The van der Waals surface area contributed by atoms with Gasteiger partial charge in [-0.05, 0) is 23.9 Å². The van der Waals surface area contributed by atoms with Gasteiger partial charge in [0, 0.05) is 5.39 Å². The molecule has 2 aromatic rings. The maximum Gasteiger partial charge on any atom is 0.326 e. The number of carboxylic acids is 1. The number of carbonyl (C=O) groups is 2. The summed E-state index contributed by atoms with van der Waals surface area (Å²) < 4.78 is 0. The summed E-state index contributed by atoms with van der Waals surface area (Å²) in [5.41, 5.74) is -0.372. The maximum absolute atomic E-state index is 12.1. The minimum atomic E-state index is -1.16. The fraction of sp³-hybridized carbons (Fsp3) is 0.133. The Labute approximate surface area is 120 Å². The normalized spacial score (nSPS) is 11.8. The van der Waals surface area contributed by atoms with Gasteiger partial charge in [0.2, 0.25) is 0 Å². The number of aliphatic carboxylic acids is 1. The van der Waals surface area contributed by atoms with Crippen molar-refractivity contribution in [2.24, 2.45) is 0 Å². The number of aromatic nitrogens is 1. The number of hydrogen-bond acceptors (Lipinski definition) is 3. The van der Waals surface area contributed by atoms with Crippen LogP contribution in [-0.2, 0) is 4.79 Å². The smallest absolute Gasteiger partial charge is 0.326 e. The number of nitrogens with one attached hydrogen (secondary N) is 2. The largest absolute Gasteiger partial charge is 0.480 e. The molecule has 0 aliphatic rings. The minimum Gasteiger partial charge on any atom is -0.480 e. The fourth-order valence-electron chi connectivity index (χ4n) is 1.96. The summed E-state index contributed by atoms with van der Waals surface area (Å²) in [6.45, 7) is 3.45. The summed E-state index contributed by atoms with van der Waals surface area (Å²) in [6.07, 6.45) is 1.50. The Morgan fingerprint density at radius 1 is 1.38 bits per heavy atom. The first-order chi connectivity index (χ1) is 10.0. The van der Waals surface area contributed by atoms with Crippen LogP contribution in [-0.4, -0.2) is 28.0 Å².